The van der Waals surface area contributed by atoms with Crippen molar-refractivity contribution in [2.75, 3.05) is 6.54 Å². The molecule has 0 fully saturated rings. The van der Waals surface area contributed by atoms with Gasteiger partial charge in [0.15, 0.2) is 0 Å². The SMILES string of the molecule is CC(CN)c1cccc(C(O)C(C)C)c1. The van der Waals surface area contributed by atoms with Crippen molar-refractivity contribution in [1.82, 2.24) is 0 Å². The van der Waals surface area contributed by atoms with Crippen LogP contribution in [0, 0.1) is 5.92 Å². The molecule has 0 amide bonds. The van der Waals surface area contributed by atoms with E-state index in [1.165, 1.54) is 5.56 Å². The van der Waals surface area contributed by atoms with Crippen LogP contribution >= 0.6 is 0 Å². The highest BCUT2D eigenvalue weighted by Gasteiger charge is 2.13. The van der Waals surface area contributed by atoms with Crippen molar-refractivity contribution >= 4 is 0 Å². The topological polar surface area (TPSA) is 46.2 Å². The Bertz CT molecular complexity index is 309. The number of nitrogens with two attached hydrogens (primary N) is 1. The maximum atomic E-state index is 9.95. The Morgan fingerprint density at radius 1 is 1.20 bits per heavy atom. The van der Waals surface area contributed by atoms with E-state index >= 15 is 0 Å². The average molecular weight is 207 g/mol. The van der Waals surface area contributed by atoms with Crippen LogP contribution in [0.15, 0.2) is 24.3 Å². The van der Waals surface area contributed by atoms with E-state index in [0.717, 1.165) is 5.56 Å². The Kier molecular flexibility index (Phi) is 4.30. The molecule has 0 aliphatic rings. The van der Waals surface area contributed by atoms with Gasteiger partial charge in [-0.05, 0) is 29.5 Å². The molecule has 15 heavy (non-hydrogen) atoms. The van der Waals surface area contributed by atoms with Gasteiger partial charge in [-0.3, -0.25) is 0 Å². The highest BCUT2D eigenvalue weighted by molar-refractivity contribution is 5.28. The molecule has 0 saturated carbocycles. The van der Waals surface area contributed by atoms with E-state index in [1.54, 1.807) is 0 Å². The smallest absolute Gasteiger partial charge is 0.0813 e. The summed E-state index contributed by atoms with van der Waals surface area (Å²) < 4.78 is 0. The number of rotatable bonds is 4. The number of hydrogen-bond donors (Lipinski definition) is 2. The zero-order valence-electron chi connectivity index (χ0n) is 9.77. The maximum Gasteiger partial charge on any atom is 0.0813 e. The molecular weight excluding hydrogens is 186 g/mol. The molecule has 1 aromatic rings. The first-order valence-electron chi connectivity index (χ1n) is 5.54. The predicted molar refractivity (Wildman–Crippen MR) is 63.7 cm³/mol. The first-order chi connectivity index (χ1) is 7.06. The monoisotopic (exact) mass is 207 g/mol. The van der Waals surface area contributed by atoms with Crippen LogP contribution in [-0.2, 0) is 0 Å². The van der Waals surface area contributed by atoms with E-state index in [9.17, 15) is 5.11 Å². The molecule has 0 bridgehead atoms. The number of hydrogen-bond acceptors (Lipinski definition) is 2. The average Bonchev–Trinajstić information content (AvgIpc) is 2.27. The van der Waals surface area contributed by atoms with Crippen LogP contribution in [0.5, 0.6) is 0 Å². The number of aliphatic hydroxyl groups is 1. The zero-order valence-corrected chi connectivity index (χ0v) is 9.77. The Morgan fingerprint density at radius 2 is 1.80 bits per heavy atom. The molecule has 2 atom stereocenters. The fourth-order valence-electron chi connectivity index (χ4n) is 1.57. The van der Waals surface area contributed by atoms with E-state index in [1.807, 2.05) is 26.0 Å². The van der Waals surface area contributed by atoms with Crippen LogP contribution in [0.2, 0.25) is 0 Å². The second kappa shape index (κ2) is 5.29. The van der Waals surface area contributed by atoms with Crippen LogP contribution in [0.4, 0.5) is 0 Å². The van der Waals surface area contributed by atoms with Crippen molar-refractivity contribution in [2.24, 2.45) is 11.7 Å². The molecule has 0 aliphatic carbocycles. The predicted octanol–water partition coefficient (Wildman–Crippen LogP) is 2.44. The van der Waals surface area contributed by atoms with Crippen molar-refractivity contribution in [3.8, 4) is 0 Å². The minimum atomic E-state index is -0.380. The third-order valence-electron chi connectivity index (χ3n) is 2.81. The summed E-state index contributed by atoms with van der Waals surface area (Å²) in [5.41, 5.74) is 7.82. The van der Waals surface area contributed by atoms with Gasteiger partial charge < -0.3 is 10.8 Å². The van der Waals surface area contributed by atoms with Gasteiger partial charge in [0, 0.05) is 0 Å². The molecule has 0 aliphatic heterocycles. The third kappa shape index (κ3) is 3.05. The molecule has 0 aromatic heterocycles. The van der Waals surface area contributed by atoms with Crippen molar-refractivity contribution < 1.29 is 5.11 Å². The van der Waals surface area contributed by atoms with E-state index in [0.29, 0.717) is 12.5 Å². The molecule has 3 N–H and O–H groups in total. The van der Waals surface area contributed by atoms with Gasteiger partial charge in [-0.15, -0.1) is 0 Å². The molecule has 0 radical (unpaired) electrons. The lowest BCUT2D eigenvalue weighted by Crippen LogP contribution is -2.10. The molecule has 0 heterocycles. The summed E-state index contributed by atoms with van der Waals surface area (Å²) in [6.07, 6.45) is -0.380. The van der Waals surface area contributed by atoms with Crippen LogP contribution < -0.4 is 5.73 Å². The molecular formula is C13H21NO. The number of benzene rings is 1. The Labute approximate surface area is 92.1 Å². The molecule has 2 nitrogen and oxygen atoms in total. The molecule has 84 valence electrons. The zero-order chi connectivity index (χ0) is 11.4. The normalized spacial score (nSPS) is 15.3. The summed E-state index contributed by atoms with van der Waals surface area (Å²) in [7, 11) is 0. The van der Waals surface area contributed by atoms with Gasteiger partial charge in [-0.2, -0.15) is 0 Å². The minimum absolute atomic E-state index is 0.244. The third-order valence-corrected chi connectivity index (χ3v) is 2.81. The summed E-state index contributed by atoms with van der Waals surface area (Å²) in [5, 5.41) is 9.95. The van der Waals surface area contributed by atoms with Crippen LogP contribution in [0.25, 0.3) is 0 Å². The van der Waals surface area contributed by atoms with Crippen molar-refractivity contribution in [3.05, 3.63) is 35.4 Å². The Hall–Kier alpha value is -0.860. The largest absolute Gasteiger partial charge is 0.388 e. The summed E-state index contributed by atoms with van der Waals surface area (Å²) in [5.74, 6) is 0.595. The summed E-state index contributed by atoms with van der Waals surface area (Å²) in [6, 6.07) is 8.08. The molecule has 0 saturated heterocycles. The highest BCUT2D eigenvalue weighted by atomic mass is 16.3. The summed E-state index contributed by atoms with van der Waals surface area (Å²) in [4.78, 5) is 0. The van der Waals surface area contributed by atoms with Gasteiger partial charge >= 0.3 is 0 Å². The Balaban J connectivity index is 2.92. The van der Waals surface area contributed by atoms with Gasteiger partial charge in [0.05, 0.1) is 6.10 Å². The second-order valence-electron chi connectivity index (χ2n) is 4.50. The molecule has 1 rings (SSSR count). The van der Waals surface area contributed by atoms with Gasteiger partial charge in [-0.25, -0.2) is 0 Å². The highest BCUT2D eigenvalue weighted by Crippen LogP contribution is 2.24. The van der Waals surface area contributed by atoms with E-state index in [4.69, 9.17) is 5.73 Å². The maximum absolute atomic E-state index is 9.95. The van der Waals surface area contributed by atoms with Gasteiger partial charge in [0.2, 0.25) is 0 Å². The van der Waals surface area contributed by atoms with Gasteiger partial charge in [-0.1, -0.05) is 45.0 Å². The first kappa shape index (κ1) is 12.2. The van der Waals surface area contributed by atoms with E-state index < -0.39 is 0 Å². The lowest BCUT2D eigenvalue weighted by molar-refractivity contribution is 0.127. The Morgan fingerprint density at radius 3 is 2.33 bits per heavy atom. The lowest BCUT2D eigenvalue weighted by Gasteiger charge is -2.17. The minimum Gasteiger partial charge on any atom is -0.388 e. The molecule has 2 unspecified atom stereocenters. The fraction of sp³-hybridized carbons (Fsp3) is 0.538. The fourth-order valence-corrected chi connectivity index (χ4v) is 1.57. The second-order valence-corrected chi connectivity index (χ2v) is 4.50. The molecule has 2 heteroatoms. The van der Waals surface area contributed by atoms with Crippen molar-refractivity contribution in [3.63, 3.8) is 0 Å². The van der Waals surface area contributed by atoms with Gasteiger partial charge in [0.1, 0.15) is 0 Å². The summed E-state index contributed by atoms with van der Waals surface area (Å²) in [6.45, 7) is 6.77. The lowest BCUT2D eigenvalue weighted by atomic mass is 9.94. The standard InChI is InChI=1S/C13H21NO/c1-9(2)13(15)12-6-4-5-11(7-12)10(3)8-14/h4-7,9-10,13,15H,8,14H2,1-3H3. The van der Waals surface area contributed by atoms with Gasteiger partial charge in [0.25, 0.3) is 0 Å². The molecule has 1 aromatic carbocycles. The van der Waals surface area contributed by atoms with Crippen LogP contribution in [0.3, 0.4) is 0 Å². The number of aliphatic hydroxyl groups excluding tert-OH is 1. The van der Waals surface area contributed by atoms with E-state index in [2.05, 4.69) is 19.1 Å². The van der Waals surface area contributed by atoms with Crippen molar-refractivity contribution in [2.45, 2.75) is 32.8 Å². The van der Waals surface area contributed by atoms with E-state index in [-0.39, 0.29) is 12.0 Å². The molecule has 0 spiro atoms. The first-order valence-corrected chi connectivity index (χ1v) is 5.54. The summed E-state index contributed by atoms with van der Waals surface area (Å²) >= 11 is 0. The van der Waals surface area contributed by atoms with Crippen LogP contribution in [-0.4, -0.2) is 11.7 Å². The van der Waals surface area contributed by atoms with Crippen LogP contribution in [0.1, 0.15) is 43.9 Å². The van der Waals surface area contributed by atoms with Crippen molar-refractivity contribution in [1.29, 1.82) is 0 Å². The quantitative estimate of drug-likeness (QED) is 0.796.